The maximum Gasteiger partial charge on any atom is 0.269 e. The molecule has 3 aromatic rings. The Hall–Kier alpha value is -3.32. The Bertz CT molecular complexity index is 1010. The van der Waals surface area contributed by atoms with Crippen LogP contribution in [0.4, 0.5) is 5.69 Å². The molecule has 2 aromatic carbocycles. The molecule has 26 heavy (non-hydrogen) atoms. The lowest BCUT2D eigenvalue weighted by atomic mass is 10.0. The molecule has 5 rings (SSSR count). The number of non-ortho nitro benzene ring substituents is 1. The fraction of sp³-hybridized carbons (Fsp3) is 0.158. The minimum Gasteiger partial charge on any atom is -0.454 e. The van der Waals surface area contributed by atoms with Crippen LogP contribution in [0.2, 0.25) is 0 Å². The quantitative estimate of drug-likeness (QED) is 0.567. The van der Waals surface area contributed by atoms with Crippen LogP contribution in [-0.2, 0) is 6.54 Å². The number of nitro groups is 1. The van der Waals surface area contributed by atoms with Crippen molar-refractivity contribution >= 4 is 5.69 Å². The molecule has 3 heterocycles. The molecule has 1 atom stereocenters. The maximum atomic E-state index is 10.9. The first-order chi connectivity index (χ1) is 12.7. The number of nitrogens with one attached hydrogen (secondary N) is 1. The minimum absolute atomic E-state index is 0.0869. The van der Waals surface area contributed by atoms with E-state index in [0.717, 1.165) is 34.0 Å². The molecular formula is C19H15N3O4. The fourth-order valence-electron chi connectivity index (χ4n) is 3.63. The number of aromatic nitrogens is 1. The van der Waals surface area contributed by atoms with E-state index in [-0.39, 0.29) is 23.4 Å². The summed E-state index contributed by atoms with van der Waals surface area (Å²) in [5, 5.41) is 14.5. The highest BCUT2D eigenvalue weighted by atomic mass is 16.7. The van der Waals surface area contributed by atoms with E-state index in [4.69, 9.17) is 9.47 Å². The van der Waals surface area contributed by atoms with Crippen LogP contribution < -0.4 is 14.8 Å². The molecule has 2 aliphatic rings. The summed E-state index contributed by atoms with van der Waals surface area (Å²) in [6.45, 7) is 0.872. The predicted octanol–water partition coefficient (Wildman–Crippen LogP) is 3.31. The Labute approximate surface area is 148 Å². The molecule has 0 radical (unpaired) electrons. The fourth-order valence-corrected chi connectivity index (χ4v) is 3.63. The smallest absolute Gasteiger partial charge is 0.269 e. The lowest BCUT2D eigenvalue weighted by Crippen LogP contribution is -2.21. The highest BCUT2D eigenvalue weighted by Gasteiger charge is 2.28. The summed E-state index contributed by atoms with van der Waals surface area (Å²) in [6.07, 6.45) is 2.00. The van der Waals surface area contributed by atoms with Gasteiger partial charge in [0.25, 0.3) is 5.69 Å². The summed E-state index contributed by atoms with van der Waals surface area (Å²) in [6, 6.07) is 14.6. The Morgan fingerprint density at radius 2 is 1.96 bits per heavy atom. The average Bonchev–Trinajstić information content (AvgIpc) is 3.29. The first kappa shape index (κ1) is 15.0. The van der Waals surface area contributed by atoms with Crippen LogP contribution in [0.15, 0.2) is 54.7 Å². The molecule has 130 valence electrons. The summed E-state index contributed by atoms with van der Waals surface area (Å²) in [5.41, 5.74) is 4.19. The minimum atomic E-state index is -0.385. The molecule has 7 heteroatoms. The van der Waals surface area contributed by atoms with Crippen molar-refractivity contribution in [2.24, 2.45) is 0 Å². The average molecular weight is 349 g/mol. The summed E-state index contributed by atoms with van der Waals surface area (Å²) in [7, 11) is 0. The van der Waals surface area contributed by atoms with Gasteiger partial charge in [-0.15, -0.1) is 0 Å². The molecule has 0 bridgehead atoms. The van der Waals surface area contributed by atoms with E-state index >= 15 is 0 Å². The van der Waals surface area contributed by atoms with Gasteiger partial charge < -0.3 is 19.4 Å². The van der Waals surface area contributed by atoms with Crippen molar-refractivity contribution in [2.45, 2.75) is 12.6 Å². The Balaban J connectivity index is 1.63. The van der Waals surface area contributed by atoms with Gasteiger partial charge >= 0.3 is 0 Å². The molecule has 1 N–H and O–H groups in total. The molecular weight excluding hydrogens is 334 g/mol. The second-order valence-corrected chi connectivity index (χ2v) is 6.27. The van der Waals surface area contributed by atoms with Crippen molar-refractivity contribution in [3.8, 4) is 17.2 Å². The largest absolute Gasteiger partial charge is 0.454 e. The van der Waals surface area contributed by atoms with Gasteiger partial charge in [0.1, 0.15) is 0 Å². The topological polar surface area (TPSA) is 78.6 Å². The number of benzene rings is 2. The predicted molar refractivity (Wildman–Crippen MR) is 93.7 cm³/mol. The normalized spacial score (nSPS) is 17.3. The van der Waals surface area contributed by atoms with Gasteiger partial charge in [0.15, 0.2) is 11.5 Å². The number of fused-ring (bicyclic) bond motifs is 5. The summed E-state index contributed by atoms with van der Waals surface area (Å²) in [5.74, 6) is 1.50. The van der Waals surface area contributed by atoms with Gasteiger partial charge in [-0.1, -0.05) is 18.2 Å². The number of nitro benzene ring substituents is 1. The van der Waals surface area contributed by atoms with Gasteiger partial charge in [-0.05, 0) is 29.3 Å². The van der Waals surface area contributed by atoms with Gasteiger partial charge in [-0.2, -0.15) is 0 Å². The zero-order valence-corrected chi connectivity index (χ0v) is 13.7. The number of nitrogens with zero attached hydrogens (tertiary/aromatic N) is 2. The van der Waals surface area contributed by atoms with Crippen molar-refractivity contribution < 1.29 is 14.4 Å². The van der Waals surface area contributed by atoms with Crippen molar-refractivity contribution in [1.82, 2.24) is 9.88 Å². The molecule has 0 fully saturated rings. The number of hydrogen-bond donors (Lipinski definition) is 1. The van der Waals surface area contributed by atoms with E-state index in [1.165, 1.54) is 12.1 Å². The molecule has 0 saturated carbocycles. The van der Waals surface area contributed by atoms with Crippen LogP contribution in [0, 0.1) is 10.1 Å². The number of rotatable bonds is 2. The third-order valence-corrected chi connectivity index (χ3v) is 4.85. The molecule has 0 amide bonds. The molecule has 0 aliphatic carbocycles. The standard InChI is InChI=1S/C19H15N3O4/c23-22(24)14-6-3-12(4-7-14)17-15-2-1-9-21(15)18-13(10-20-17)5-8-16-19(18)26-11-25-16/h1-9,17,20H,10-11H2. The summed E-state index contributed by atoms with van der Waals surface area (Å²) in [4.78, 5) is 10.5. The van der Waals surface area contributed by atoms with Crippen LogP contribution in [0.5, 0.6) is 11.5 Å². The lowest BCUT2D eigenvalue weighted by Gasteiger charge is -2.18. The van der Waals surface area contributed by atoms with Crippen LogP contribution in [0.3, 0.4) is 0 Å². The van der Waals surface area contributed by atoms with E-state index in [1.807, 2.05) is 30.5 Å². The highest BCUT2D eigenvalue weighted by molar-refractivity contribution is 5.63. The van der Waals surface area contributed by atoms with Gasteiger partial charge in [0.2, 0.25) is 6.79 Å². The Morgan fingerprint density at radius 3 is 2.77 bits per heavy atom. The van der Waals surface area contributed by atoms with E-state index in [2.05, 4.69) is 9.88 Å². The first-order valence-corrected chi connectivity index (χ1v) is 8.29. The van der Waals surface area contributed by atoms with E-state index in [0.29, 0.717) is 6.54 Å². The molecule has 0 saturated heterocycles. The second-order valence-electron chi connectivity index (χ2n) is 6.27. The number of hydrogen-bond acceptors (Lipinski definition) is 5. The first-order valence-electron chi connectivity index (χ1n) is 8.29. The van der Waals surface area contributed by atoms with Crippen molar-refractivity contribution in [1.29, 1.82) is 0 Å². The maximum absolute atomic E-state index is 10.9. The molecule has 2 aliphatic heterocycles. The van der Waals surface area contributed by atoms with E-state index < -0.39 is 0 Å². The van der Waals surface area contributed by atoms with E-state index in [9.17, 15) is 10.1 Å². The summed E-state index contributed by atoms with van der Waals surface area (Å²) < 4.78 is 13.3. The van der Waals surface area contributed by atoms with Gasteiger partial charge in [-0.25, -0.2) is 0 Å². The van der Waals surface area contributed by atoms with Crippen molar-refractivity contribution in [3.63, 3.8) is 0 Å². The highest BCUT2D eigenvalue weighted by Crippen LogP contribution is 2.43. The second kappa shape index (κ2) is 5.60. The zero-order chi connectivity index (χ0) is 17.7. The van der Waals surface area contributed by atoms with Gasteiger partial charge in [0.05, 0.1) is 16.7 Å². The van der Waals surface area contributed by atoms with Crippen LogP contribution in [0.25, 0.3) is 5.69 Å². The number of ether oxygens (including phenoxy) is 2. The van der Waals surface area contributed by atoms with E-state index in [1.54, 1.807) is 12.1 Å². The Morgan fingerprint density at radius 1 is 1.12 bits per heavy atom. The summed E-state index contributed by atoms with van der Waals surface area (Å²) >= 11 is 0. The van der Waals surface area contributed by atoms with Crippen LogP contribution in [-0.4, -0.2) is 16.3 Å². The van der Waals surface area contributed by atoms with Crippen LogP contribution in [0.1, 0.15) is 22.9 Å². The third kappa shape index (κ3) is 2.18. The zero-order valence-electron chi connectivity index (χ0n) is 13.7. The molecule has 1 unspecified atom stereocenters. The molecule has 7 nitrogen and oxygen atoms in total. The third-order valence-electron chi connectivity index (χ3n) is 4.85. The van der Waals surface area contributed by atoms with Crippen molar-refractivity contribution in [3.05, 3.63) is 81.7 Å². The van der Waals surface area contributed by atoms with Crippen molar-refractivity contribution in [2.75, 3.05) is 6.79 Å². The van der Waals surface area contributed by atoms with Crippen LogP contribution >= 0.6 is 0 Å². The lowest BCUT2D eigenvalue weighted by molar-refractivity contribution is -0.384. The molecule has 0 spiro atoms. The van der Waals surface area contributed by atoms with Gasteiger partial charge in [0, 0.05) is 30.6 Å². The monoisotopic (exact) mass is 349 g/mol. The molecule has 1 aromatic heterocycles. The van der Waals surface area contributed by atoms with Gasteiger partial charge in [-0.3, -0.25) is 10.1 Å². The Kier molecular flexibility index (Phi) is 3.23. The SMILES string of the molecule is O=[N+]([O-])c1ccc(C2NCc3ccc4c(c3-n3cccc32)OCO4)cc1.